The Morgan fingerprint density at radius 3 is 2.58 bits per heavy atom. The second kappa shape index (κ2) is 6.10. The molecule has 1 rings (SSSR count). The first-order chi connectivity index (χ1) is 8.84. The molecule has 0 aliphatic heterocycles. The zero-order valence-electron chi connectivity index (χ0n) is 11.5. The maximum absolute atomic E-state index is 13.9. The van der Waals surface area contributed by atoms with E-state index in [9.17, 15) is 13.6 Å². The molecular formula is C14H20F2N2O. The molecule has 19 heavy (non-hydrogen) atoms. The van der Waals surface area contributed by atoms with E-state index in [1.54, 1.807) is 0 Å². The standard InChI is InChI=1S/C14H20F2N2O/c1-4-14(3,7-8-17)18-13(19)11-10(15)6-5-9(2)12(11)16/h5-6H,4,7-8,17H2,1-3H3,(H,18,19). The fourth-order valence-electron chi connectivity index (χ4n) is 1.85. The van der Waals surface area contributed by atoms with Crippen LogP contribution in [0.2, 0.25) is 0 Å². The Hall–Kier alpha value is -1.49. The minimum absolute atomic E-state index is 0.239. The number of carbonyl (C=O) groups excluding carboxylic acids is 1. The van der Waals surface area contributed by atoms with Crippen molar-refractivity contribution in [1.82, 2.24) is 5.32 Å². The number of carbonyl (C=O) groups is 1. The van der Waals surface area contributed by atoms with Gasteiger partial charge in [-0.3, -0.25) is 4.79 Å². The minimum Gasteiger partial charge on any atom is -0.347 e. The van der Waals surface area contributed by atoms with Crippen molar-refractivity contribution >= 4 is 5.91 Å². The van der Waals surface area contributed by atoms with E-state index in [2.05, 4.69) is 5.32 Å². The maximum atomic E-state index is 13.9. The summed E-state index contributed by atoms with van der Waals surface area (Å²) in [6.45, 7) is 5.58. The quantitative estimate of drug-likeness (QED) is 0.863. The van der Waals surface area contributed by atoms with Crippen LogP contribution in [0.25, 0.3) is 0 Å². The second-order valence-electron chi connectivity index (χ2n) is 4.96. The lowest BCUT2D eigenvalue weighted by molar-refractivity contribution is 0.0891. The van der Waals surface area contributed by atoms with Crippen molar-refractivity contribution in [3.63, 3.8) is 0 Å². The average Bonchev–Trinajstić information content (AvgIpc) is 2.34. The molecule has 0 radical (unpaired) electrons. The van der Waals surface area contributed by atoms with E-state index in [1.807, 2.05) is 13.8 Å². The summed E-state index contributed by atoms with van der Waals surface area (Å²) >= 11 is 0. The van der Waals surface area contributed by atoms with E-state index in [4.69, 9.17) is 5.73 Å². The van der Waals surface area contributed by atoms with Crippen LogP contribution in [0.3, 0.4) is 0 Å². The molecule has 3 N–H and O–H groups in total. The average molecular weight is 270 g/mol. The first-order valence-electron chi connectivity index (χ1n) is 6.32. The van der Waals surface area contributed by atoms with Crippen molar-refractivity contribution < 1.29 is 13.6 Å². The Bertz CT molecular complexity index is 477. The highest BCUT2D eigenvalue weighted by Crippen LogP contribution is 2.19. The summed E-state index contributed by atoms with van der Waals surface area (Å²) in [6, 6.07) is 2.40. The Kier molecular flexibility index (Phi) is 5.00. The lowest BCUT2D eigenvalue weighted by Gasteiger charge is -2.29. The molecule has 0 aromatic heterocycles. The molecule has 0 aliphatic rings. The molecular weight excluding hydrogens is 250 g/mol. The van der Waals surface area contributed by atoms with E-state index in [0.29, 0.717) is 19.4 Å². The van der Waals surface area contributed by atoms with Crippen molar-refractivity contribution in [2.45, 2.75) is 39.2 Å². The van der Waals surface area contributed by atoms with E-state index >= 15 is 0 Å². The first kappa shape index (κ1) is 15.6. The van der Waals surface area contributed by atoms with Gasteiger partial charge in [0.15, 0.2) is 0 Å². The predicted octanol–water partition coefficient (Wildman–Crippen LogP) is 2.52. The lowest BCUT2D eigenvalue weighted by atomic mass is 9.94. The Morgan fingerprint density at radius 2 is 2.05 bits per heavy atom. The van der Waals surface area contributed by atoms with Crippen LogP contribution >= 0.6 is 0 Å². The number of halogens is 2. The molecule has 0 bridgehead atoms. The molecule has 1 aromatic rings. The normalized spacial score (nSPS) is 14.0. The van der Waals surface area contributed by atoms with Gasteiger partial charge >= 0.3 is 0 Å². The predicted molar refractivity (Wildman–Crippen MR) is 70.9 cm³/mol. The Labute approximate surface area is 112 Å². The fourth-order valence-corrected chi connectivity index (χ4v) is 1.85. The summed E-state index contributed by atoms with van der Waals surface area (Å²) in [7, 11) is 0. The first-order valence-corrected chi connectivity index (χ1v) is 6.32. The van der Waals surface area contributed by atoms with Gasteiger partial charge in [-0.05, 0) is 44.9 Å². The molecule has 0 spiro atoms. The molecule has 0 saturated heterocycles. The summed E-state index contributed by atoms with van der Waals surface area (Å²) in [5.74, 6) is -2.41. The number of hydrogen-bond acceptors (Lipinski definition) is 2. The largest absolute Gasteiger partial charge is 0.347 e. The third kappa shape index (κ3) is 3.50. The third-order valence-electron chi connectivity index (χ3n) is 3.40. The molecule has 0 saturated carbocycles. The molecule has 1 unspecified atom stereocenters. The molecule has 1 atom stereocenters. The van der Waals surface area contributed by atoms with Crippen LogP contribution in [-0.2, 0) is 0 Å². The van der Waals surface area contributed by atoms with Crippen molar-refractivity contribution in [2.75, 3.05) is 6.54 Å². The van der Waals surface area contributed by atoms with Crippen molar-refractivity contribution in [1.29, 1.82) is 0 Å². The summed E-state index contributed by atoms with van der Waals surface area (Å²) in [5, 5.41) is 2.67. The molecule has 0 heterocycles. The van der Waals surface area contributed by atoms with E-state index in [-0.39, 0.29) is 5.56 Å². The van der Waals surface area contributed by atoms with Gasteiger partial charge in [0.2, 0.25) is 0 Å². The Morgan fingerprint density at radius 1 is 1.42 bits per heavy atom. The number of amides is 1. The second-order valence-corrected chi connectivity index (χ2v) is 4.96. The monoisotopic (exact) mass is 270 g/mol. The van der Waals surface area contributed by atoms with Gasteiger partial charge < -0.3 is 11.1 Å². The van der Waals surface area contributed by atoms with Crippen LogP contribution in [-0.4, -0.2) is 18.0 Å². The molecule has 1 amide bonds. The van der Waals surface area contributed by atoms with Crippen LogP contribution in [0.4, 0.5) is 8.78 Å². The van der Waals surface area contributed by atoms with Gasteiger partial charge in [0.25, 0.3) is 5.91 Å². The van der Waals surface area contributed by atoms with Gasteiger partial charge in [-0.2, -0.15) is 0 Å². The smallest absolute Gasteiger partial charge is 0.257 e. The number of aryl methyl sites for hydroxylation is 1. The van der Waals surface area contributed by atoms with Gasteiger partial charge in [0, 0.05) is 5.54 Å². The summed E-state index contributed by atoms with van der Waals surface area (Å²) in [6.07, 6.45) is 1.18. The number of rotatable bonds is 5. The van der Waals surface area contributed by atoms with Crippen LogP contribution in [0.1, 0.15) is 42.6 Å². The van der Waals surface area contributed by atoms with Crippen LogP contribution in [0.15, 0.2) is 12.1 Å². The molecule has 106 valence electrons. The highest BCUT2D eigenvalue weighted by molar-refractivity contribution is 5.95. The van der Waals surface area contributed by atoms with E-state index < -0.39 is 28.6 Å². The summed E-state index contributed by atoms with van der Waals surface area (Å²) in [5.41, 5.74) is 4.64. The maximum Gasteiger partial charge on any atom is 0.257 e. The topological polar surface area (TPSA) is 55.1 Å². The molecule has 0 aliphatic carbocycles. The third-order valence-corrected chi connectivity index (χ3v) is 3.40. The van der Waals surface area contributed by atoms with Gasteiger partial charge in [-0.15, -0.1) is 0 Å². The molecule has 5 heteroatoms. The number of benzene rings is 1. The number of nitrogens with two attached hydrogens (primary N) is 1. The lowest BCUT2D eigenvalue weighted by Crippen LogP contribution is -2.47. The number of hydrogen-bond donors (Lipinski definition) is 2. The van der Waals surface area contributed by atoms with Gasteiger partial charge in [-0.1, -0.05) is 13.0 Å². The van der Waals surface area contributed by atoms with E-state index in [0.717, 1.165) is 6.07 Å². The van der Waals surface area contributed by atoms with E-state index in [1.165, 1.54) is 13.0 Å². The van der Waals surface area contributed by atoms with Crippen LogP contribution in [0.5, 0.6) is 0 Å². The van der Waals surface area contributed by atoms with Gasteiger partial charge in [-0.25, -0.2) is 8.78 Å². The van der Waals surface area contributed by atoms with Gasteiger partial charge in [0.1, 0.15) is 17.2 Å². The fraction of sp³-hybridized carbons (Fsp3) is 0.500. The number of nitrogens with one attached hydrogen (secondary N) is 1. The summed E-state index contributed by atoms with van der Waals surface area (Å²) in [4.78, 5) is 12.1. The zero-order chi connectivity index (χ0) is 14.6. The highest BCUT2D eigenvalue weighted by atomic mass is 19.1. The highest BCUT2D eigenvalue weighted by Gasteiger charge is 2.27. The zero-order valence-corrected chi connectivity index (χ0v) is 11.5. The molecule has 0 fully saturated rings. The molecule has 1 aromatic carbocycles. The van der Waals surface area contributed by atoms with Crippen LogP contribution in [0, 0.1) is 18.6 Å². The Balaban J connectivity index is 3.05. The van der Waals surface area contributed by atoms with Crippen molar-refractivity contribution in [3.05, 3.63) is 34.9 Å². The van der Waals surface area contributed by atoms with Crippen molar-refractivity contribution in [2.24, 2.45) is 5.73 Å². The van der Waals surface area contributed by atoms with Crippen molar-refractivity contribution in [3.8, 4) is 0 Å². The SMILES string of the molecule is CCC(C)(CCN)NC(=O)c1c(F)ccc(C)c1F. The summed E-state index contributed by atoms with van der Waals surface area (Å²) < 4.78 is 27.5. The minimum atomic E-state index is -0.855. The molecule has 3 nitrogen and oxygen atoms in total. The van der Waals surface area contributed by atoms with Gasteiger partial charge in [0.05, 0.1) is 0 Å². The van der Waals surface area contributed by atoms with Crippen LogP contribution < -0.4 is 11.1 Å².